The second-order valence-corrected chi connectivity index (χ2v) is 13.2. The Kier molecular flexibility index (Phi) is 9.24. The first-order chi connectivity index (χ1) is 19.4. The highest BCUT2D eigenvalue weighted by molar-refractivity contribution is 7.89. The molecule has 1 unspecified atom stereocenters. The number of thiazole rings is 1. The highest BCUT2D eigenvalue weighted by Gasteiger charge is 2.32. The van der Waals surface area contributed by atoms with Crippen LogP contribution in [0.25, 0.3) is 10.2 Å². The average Bonchev–Trinajstić information content (AvgIpc) is 3.41. The second-order valence-electron chi connectivity index (χ2n) is 10.3. The number of nitrogens with zero attached hydrogens (tertiary/aromatic N) is 4. The zero-order chi connectivity index (χ0) is 28.1. The average molecular weight is 586 g/mol. The van der Waals surface area contributed by atoms with Gasteiger partial charge in [0.1, 0.15) is 5.75 Å². The van der Waals surface area contributed by atoms with Crippen LogP contribution in [-0.2, 0) is 10.0 Å². The third kappa shape index (κ3) is 6.43. The van der Waals surface area contributed by atoms with Crippen molar-refractivity contribution < 1.29 is 17.9 Å². The first kappa shape index (κ1) is 28.8. The summed E-state index contributed by atoms with van der Waals surface area (Å²) < 4.78 is 34.8. The molecule has 216 valence electrons. The summed E-state index contributed by atoms with van der Waals surface area (Å²) in [5, 5.41) is 4.02. The number of fused-ring (bicyclic) bond motifs is 1. The number of hydrogen-bond acceptors (Lipinski definition) is 8. The minimum Gasteiger partial charge on any atom is -0.494 e. The Bertz CT molecular complexity index is 1400. The molecule has 0 radical (unpaired) electrons. The molecule has 2 aliphatic heterocycles. The molecule has 2 saturated heterocycles. The Morgan fingerprint density at radius 1 is 1.05 bits per heavy atom. The lowest BCUT2D eigenvalue weighted by Crippen LogP contribution is -2.48. The number of carbonyl (C=O) groups excluding carboxylic acids is 1. The van der Waals surface area contributed by atoms with Crippen molar-refractivity contribution in [3.8, 4) is 5.75 Å². The number of piperazine rings is 1. The molecule has 11 heteroatoms. The summed E-state index contributed by atoms with van der Waals surface area (Å²) in [5.41, 5.74) is 1.47. The molecule has 3 heterocycles. The predicted molar refractivity (Wildman–Crippen MR) is 160 cm³/mol. The Hall–Kier alpha value is -2.73. The third-order valence-electron chi connectivity index (χ3n) is 7.78. The van der Waals surface area contributed by atoms with Crippen LogP contribution in [0.5, 0.6) is 5.75 Å². The van der Waals surface area contributed by atoms with Crippen LogP contribution in [0.1, 0.15) is 49.9 Å². The maximum atomic E-state index is 13.2. The number of hydrogen-bond donors (Lipinski definition) is 1. The molecule has 1 atom stereocenters. The number of benzene rings is 2. The van der Waals surface area contributed by atoms with Crippen LogP contribution in [0.15, 0.2) is 47.4 Å². The zero-order valence-corrected chi connectivity index (χ0v) is 25.0. The number of carbonyl (C=O) groups is 1. The van der Waals surface area contributed by atoms with Crippen molar-refractivity contribution >= 4 is 42.6 Å². The van der Waals surface area contributed by atoms with E-state index in [9.17, 15) is 13.2 Å². The smallest absolute Gasteiger partial charge is 0.251 e. The summed E-state index contributed by atoms with van der Waals surface area (Å²) in [7, 11) is -3.55. The van der Waals surface area contributed by atoms with Gasteiger partial charge in [0, 0.05) is 57.4 Å². The predicted octanol–water partition coefficient (Wildman–Crippen LogP) is 4.20. The number of aromatic nitrogens is 1. The van der Waals surface area contributed by atoms with Gasteiger partial charge in [-0.05, 0) is 68.7 Å². The van der Waals surface area contributed by atoms with Crippen molar-refractivity contribution in [2.24, 2.45) is 0 Å². The number of nitrogens with one attached hydrogen (secondary N) is 1. The molecule has 2 fully saturated rings. The van der Waals surface area contributed by atoms with Gasteiger partial charge in [-0.1, -0.05) is 24.7 Å². The van der Waals surface area contributed by atoms with E-state index in [1.165, 1.54) is 0 Å². The van der Waals surface area contributed by atoms with Gasteiger partial charge in [-0.2, -0.15) is 4.31 Å². The molecule has 0 saturated carbocycles. The summed E-state index contributed by atoms with van der Waals surface area (Å²) in [4.78, 5) is 22.5. The normalized spacial score (nSPS) is 19.1. The van der Waals surface area contributed by atoms with Crippen LogP contribution in [0.3, 0.4) is 0 Å². The van der Waals surface area contributed by atoms with E-state index in [1.54, 1.807) is 39.9 Å². The van der Waals surface area contributed by atoms with Gasteiger partial charge in [0.05, 0.1) is 21.7 Å². The largest absolute Gasteiger partial charge is 0.494 e. The number of amides is 1. The van der Waals surface area contributed by atoms with Crippen LogP contribution >= 0.6 is 11.3 Å². The number of anilines is 1. The summed E-state index contributed by atoms with van der Waals surface area (Å²) in [6.45, 7) is 10.1. The van der Waals surface area contributed by atoms with Crippen molar-refractivity contribution in [3.63, 3.8) is 0 Å². The molecule has 0 aliphatic carbocycles. The van der Waals surface area contributed by atoms with Crippen molar-refractivity contribution in [1.82, 2.24) is 19.5 Å². The first-order valence-electron chi connectivity index (χ1n) is 14.3. The fourth-order valence-corrected chi connectivity index (χ4v) is 8.30. The second kappa shape index (κ2) is 12.8. The topological polar surface area (TPSA) is 95.1 Å². The van der Waals surface area contributed by atoms with Gasteiger partial charge in [0.2, 0.25) is 10.0 Å². The highest BCUT2D eigenvalue weighted by Crippen LogP contribution is 2.32. The lowest BCUT2D eigenvalue weighted by Gasteiger charge is -2.34. The summed E-state index contributed by atoms with van der Waals surface area (Å²) >= 11 is 1.69. The van der Waals surface area contributed by atoms with E-state index >= 15 is 0 Å². The summed E-state index contributed by atoms with van der Waals surface area (Å²) in [5.74, 6) is 0.688. The molecule has 0 spiro atoms. The van der Waals surface area contributed by atoms with Crippen LogP contribution in [-0.4, -0.2) is 87.0 Å². The lowest BCUT2D eigenvalue weighted by atomic mass is 10.0. The van der Waals surface area contributed by atoms with Gasteiger partial charge in [-0.15, -0.1) is 0 Å². The molecule has 40 heavy (non-hydrogen) atoms. The summed E-state index contributed by atoms with van der Waals surface area (Å²) in [6, 6.07) is 12.4. The van der Waals surface area contributed by atoms with Crippen LogP contribution in [0, 0.1) is 0 Å². The molecule has 2 aliphatic rings. The maximum absolute atomic E-state index is 13.2. The molecule has 0 bridgehead atoms. The Morgan fingerprint density at radius 2 is 1.82 bits per heavy atom. The molecular formula is C29H39N5O4S2. The minimum absolute atomic E-state index is 0.0543. The van der Waals surface area contributed by atoms with Gasteiger partial charge in [0.15, 0.2) is 5.13 Å². The molecule has 2 aromatic carbocycles. The Labute approximate surface area is 241 Å². The van der Waals surface area contributed by atoms with E-state index in [1.807, 2.05) is 26.0 Å². The number of ether oxygens (including phenoxy) is 1. The molecule has 1 aromatic heterocycles. The van der Waals surface area contributed by atoms with Gasteiger partial charge in [-0.3, -0.25) is 9.69 Å². The lowest BCUT2D eigenvalue weighted by molar-refractivity contribution is 0.0947. The zero-order valence-electron chi connectivity index (χ0n) is 23.3. The van der Waals surface area contributed by atoms with Crippen LogP contribution in [0.2, 0.25) is 0 Å². The van der Waals surface area contributed by atoms with Gasteiger partial charge in [0.25, 0.3) is 5.91 Å². The quantitative estimate of drug-likeness (QED) is 0.381. The van der Waals surface area contributed by atoms with Crippen molar-refractivity contribution in [1.29, 1.82) is 0 Å². The molecule has 9 nitrogen and oxygen atoms in total. The Balaban J connectivity index is 1.08. The fraction of sp³-hybridized carbons (Fsp3) is 0.517. The number of rotatable bonds is 10. The van der Waals surface area contributed by atoms with Crippen molar-refractivity contribution in [3.05, 3.63) is 48.0 Å². The fourth-order valence-electron chi connectivity index (χ4n) is 5.49. The van der Waals surface area contributed by atoms with Gasteiger partial charge < -0.3 is 15.0 Å². The SMILES string of the molecule is CCOc1ccc2nc(N3CCN(CCNC(=O)c4ccc(S(=O)(=O)N5CCCCC5CC)cc4)CC3)sc2c1. The monoisotopic (exact) mass is 585 g/mol. The van der Waals surface area contributed by atoms with Crippen molar-refractivity contribution in [2.45, 2.75) is 50.5 Å². The van der Waals surface area contributed by atoms with E-state index in [-0.39, 0.29) is 16.8 Å². The van der Waals surface area contributed by atoms with E-state index < -0.39 is 10.0 Å². The number of sulfonamides is 1. The number of piperidine rings is 1. The summed E-state index contributed by atoms with van der Waals surface area (Å²) in [6.07, 6.45) is 3.68. The van der Waals surface area contributed by atoms with E-state index in [0.29, 0.717) is 25.3 Å². The minimum atomic E-state index is -3.55. The third-order valence-corrected chi connectivity index (χ3v) is 10.8. The van der Waals surface area contributed by atoms with Crippen LogP contribution in [0.4, 0.5) is 5.13 Å². The van der Waals surface area contributed by atoms with Gasteiger partial charge >= 0.3 is 0 Å². The molecular weight excluding hydrogens is 546 g/mol. The molecule has 1 amide bonds. The van der Waals surface area contributed by atoms with E-state index in [4.69, 9.17) is 9.72 Å². The van der Waals surface area contributed by atoms with E-state index in [0.717, 1.165) is 79.5 Å². The molecule has 3 aromatic rings. The highest BCUT2D eigenvalue weighted by atomic mass is 32.2. The molecule has 1 N–H and O–H groups in total. The first-order valence-corrected chi connectivity index (χ1v) is 16.6. The van der Waals surface area contributed by atoms with Crippen molar-refractivity contribution in [2.75, 3.05) is 57.3 Å². The maximum Gasteiger partial charge on any atom is 0.251 e. The van der Waals surface area contributed by atoms with Crippen LogP contribution < -0.4 is 15.0 Å². The van der Waals surface area contributed by atoms with E-state index in [2.05, 4.69) is 21.2 Å². The molecule has 5 rings (SSSR count). The standard InChI is InChI=1S/C29H39N5O4S2/c1-3-23-7-5-6-15-34(23)40(36,37)25-11-8-22(9-12-25)28(35)30-14-16-32-17-19-33(20-18-32)29-31-26-13-10-24(38-4-2)21-27(26)39-29/h8-13,21,23H,3-7,14-20H2,1-2H3,(H,30,35). The van der Waals surface area contributed by atoms with Gasteiger partial charge in [-0.25, -0.2) is 13.4 Å². The Morgan fingerprint density at radius 3 is 2.55 bits per heavy atom.